The Bertz CT molecular complexity index is 431. The maximum Gasteiger partial charge on any atom is 0.257 e. The predicted molar refractivity (Wildman–Crippen MR) is 64.1 cm³/mol. The molecule has 1 aliphatic rings. The molecule has 1 saturated heterocycles. The van der Waals surface area contributed by atoms with Crippen molar-refractivity contribution in [3.8, 4) is 11.5 Å². The maximum absolute atomic E-state index is 12.2. The molecule has 2 rings (SSSR count). The third-order valence-corrected chi connectivity index (χ3v) is 3.32. The van der Waals surface area contributed by atoms with Crippen molar-refractivity contribution in [2.75, 3.05) is 6.54 Å². The van der Waals surface area contributed by atoms with Crippen LogP contribution in [0.1, 0.15) is 36.5 Å². The number of amides is 1. The first-order valence-electron chi connectivity index (χ1n) is 5.96. The van der Waals surface area contributed by atoms with Gasteiger partial charge in [-0.25, -0.2) is 0 Å². The minimum Gasteiger partial charge on any atom is -0.508 e. The number of aromatic hydroxyl groups is 2. The smallest absolute Gasteiger partial charge is 0.257 e. The highest BCUT2D eigenvalue weighted by molar-refractivity contribution is 5.97. The van der Waals surface area contributed by atoms with E-state index in [1.807, 2.05) is 4.90 Å². The zero-order valence-corrected chi connectivity index (χ0v) is 9.89. The van der Waals surface area contributed by atoms with Crippen LogP contribution in [0.25, 0.3) is 0 Å². The molecule has 2 N–H and O–H groups in total. The molecule has 17 heavy (non-hydrogen) atoms. The van der Waals surface area contributed by atoms with Gasteiger partial charge in [0.05, 0.1) is 5.56 Å². The molecule has 1 unspecified atom stereocenters. The van der Waals surface area contributed by atoms with Gasteiger partial charge < -0.3 is 15.1 Å². The molecule has 0 aromatic heterocycles. The number of carbonyl (C=O) groups excluding carboxylic acids is 1. The van der Waals surface area contributed by atoms with Crippen LogP contribution in [0.3, 0.4) is 0 Å². The fourth-order valence-electron chi connectivity index (χ4n) is 2.38. The maximum atomic E-state index is 12.2. The summed E-state index contributed by atoms with van der Waals surface area (Å²) in [6.07, 6.45) is 2.98. The van der Waals surface area contributed by atoms with Gasteiger partial charge in [0.2, 0.25) is 0 Å². The monoisotopic (exact) mass is 235 g/mol. The average Bonchev–Trinajstić information content (AvgIpc) is 2.76. The molecule has 0 aliphatic carbocycles. The Morgan fingerprint density at radius 1 is 1.47 bits per heavy atom. The van der Waals surface area contributed by atoms with Crippen LogP contribution in [-0.2, 0) is 0 Å². The van der Waals surface area contributed by atoms with E-state index in [0.29, 0.717) is 0 Å². The van der Waals surface area contributed by atoms with Crippen LogP contribution in [-0.4, -0.2) is 33.6 Å². The van der Waals surface area contributed by atoms with E-state index in [0.717, 1.165) is 25.8 Å². The van der Waals surface area contributed by atoms with Crippen LogP contribution in [0.5, 0.6) is 11.5 Å². The summed E-state index contributed by atoms with van der Waals surface area (Å²) in [4.78, 5) is 14.0. The summed E-state index contributed by atoms with van der Waals surface area (Å²) in [5.41, 5.74) is 0.267. The lowest BCUT2D eigenvalue weighted by Gasteiger charge is -2.24. The van der Waals surface area contributed by atoms with Crippen molar-refractivity contribution in [1.29, 1.82) is 0 Å². The Morgan fingerprint density at radius 3 is 2.88 bits per heavy atom. The summed E-state index contributed by atoms with van der Waals surface area (Å²) in [5.74, 6) is -0.337. The Morgan fingerprint density at radius 2 is 2.24 bits per heavy atom. The first kappa shape index (κ1) is 11.8. The van der Waals surface area contributed by atoms with Crippen LogP contribution >= 0.6 is 0 Å². The van der Waals surface area contributed by atoms with E-state index in [2.05, 4.69) is 6.92 Å². The molecular formula is C13H17NO3. The lowest BCUT2D eigenvalue weighted by molar-refractivity contribution is 0.0730. The van der Waals surface area contributed by atoms with Crippen LogP contribution in [0.15, 0.2) is 18.2 Å². The third-order valence-electron chi connectivity index (χ3n) is 3.32. The number of rotatable bonds is 2. The fourth-order valence-corrected chi connectivity index (χ4v) is 2.38. The Hall–Kier alpha value is -1.71. The quantitative estimate of drug-likeness (QED) is 0.825. The topological polar surface area (TPSA) is 60.8 Å². The van der Waals surface area contributed by atoms with Crippen molar-refractivity contribution >= 4 is 5.91 Å². The van der Waals surface area contributed by atoms with Crippen molar-refractivity contribution in [2.24, 2.45) is 0 Å². The molecule has 0 spiro atoms. The molecule has 92 valence electrons. The minimum absolute atomic E-state index is 0.0347. The summed E-state index contributed by atoms with van der Waals surface area (Å²) >= 11 is 0. The van der Waals surface area contributed by atoms with Gasteiger partial charge in [-0.15, -0.1) is 0 Å². The molecule has 1 heterocycles. The zero-order chi connectivity index (χ0) is 12.4. The molecule has 0 radical (unpaired) electrons. The second kappa shape index (κ2) is 4.65. The van der Waals surface area contributed by atoms with Crippen molar-refractivity contribution in [1.82, 2.24) is 4.90 Å². The minimum atomic E-state index is -0.156. The molecule has 4 heteroatoms. The lowest BCUT2D eigenvalue weighted by atomic mass is 10.1. The predicted octanol–water partition coefficient (Wildman–Crippen LogP) is 2.11. The van der Waals surface area contributed by atoms with E-state index < -0.39 is 0 Å². The summed E-state index contributed by atoms with van der Waals surface area (Å²) in [5, 5.41) is 18.9. The summed E-state index contributed by atoms with van der Waals surface area (Å²) in [6.45, 7) is 2.81. The summed E-state index contributed by atoms with van der Waals surface area (Å²) in [6, 6.07) is 4.36. The molecule has 0 saturated carbocycles. The first-order valence-corrected chi connectivity index (χ1v) is 5.96. The molecule has 0 bridgehead atoms. The molecule has 1 aliphatic heterocycles. The number of phenolic OH excluding ortho intramolecular Hbond substituents is 2. The second-order valence-electron chi connectivity index (χ2n) is 4.40. The number of likely N-dealkylation sites (tertiary alicyclic amines) is 1. The third kappa shape index (κ3) is 2.20. The van der Waals surface area contributed by atoms with Crippen molar-refractivity contribution in [2.45, 2.75) is 32.2 Å². The van der Waals surface area contributed by atoms with E-state index in [4.69, 9.17) is 0 Å². The number of carbonyl (C=O) groups is 1. The van der Waals surface area contributed by atoms with Crippen molar-refractivity contribution < 1.29 is 15.0 Å². The number of phenols is 2. The lowest BCUT2D eigenvalue weighted by Crippen LogP contribution is -2.35. The second-order valence-corrected chi connectivity index (χ2v) is 4.40. The molecule has 1 aromatic rings. The van der Waals surface area contributed by atoms with Gasteiger partial charge >= 0.3 is 0 Å². The zero-order valence-electron chi connectivity index (χ0n) is 9.89. The molecule has 1 amide bonds. The number of hydrogen-bond donors (Lipinski definition) is 2. The summed E-state index contributed by atoms with van der Waals surface area (Å²) < 4.78 is 0. The highest BCUT2D eigenvalue weighted by Crippen LogP contribution is 2.28. The highest BCUT2D eigenvalue weighted by atomic mass is 16.3. The van der Waals surface area contributed by atoms with Gasteiger partial charge in [-0.2, -0.15) is 0 Å². The summed E-state index contributed by atoms with van der Waals surface area (Å²) in [7, 11) is 0. The van der Waals surface area contributed by atoms with Crippen LogP contribution < -0.4 is 0 Å². The molecule has 1 fully saturated rings. The Balaban J connectivity index is 2.24. The van der Waals surface area contributed by atoms with Gasteiger partial charge in [0.25, 0.3) is 5.91 Å². The van der Waals surface area contributed by atoms with Gasteiger partial charge in [-0.3, -0.25) is 4.79 Å². The normalized spacial score (nSPS) is 19.6. The SMILES string of the molecule is CCC1CCCN1C(=O)c1ccc(O)cc1O. The number of nitrogens with zero attached hydrogens (tertiary/aromatic N) is 1. The van der Waals surface area contributed by atoms with Crippen molar-refractivity contribution in [3.63, 3.8) is 0 Å². The molecule has 1 atom stereocenters. The molecule has 1 aromatic carbocycles. The van der Waals surface area contributed by atoms with E-state index in [-0.39, 0.29) is 29.0 Å². The van der Waals surface area contributed by atoms with E-state index >= 15 is 0 Å². The van der Waals surface area contributed by atoms with Gasteiger partial charge in [0.1, 0.15) is 11.5 Å². The molecular weight excluding hydrogens is 218 g/mol. The van der Waals surface area contributed by atoms with Crippen molar-refractivity contribution in [3.05, 3.63) is 23.8 Å². The van der Waals surface area contributed by atoms with Gasteiger partial charge in [-0.05, 0) is 31.4 Å². The first-order chi connectivity index (χ1) is 8.13. The van der Waals surface area contributed by atoms with Gasteiger partial charge in [0, 0.05) is 18.7 Å². The average molecular weight is 235 g/mol. The van der Waals surface area contributed by atoms with Crippen LogP contribution in [0.2, 0.25) is 0 Å². The van der Waals surface area contributed by atoms with E-state index in [9.17, 15) is 15.0 Å². The van der Waals surface area contributed by atoms with Gasteiger partial charge in [0.15, 0.2) is 0 Å². The number of benzene rings is 1. The Labute approximate surface area is 100 Å². The fraction of sp³-hybridized carbons (Fsp3) is 0.462. The number of hydrogen-bond acceptors (Lipinski definition) is 3. The molecule has 4 nitrogen and oxygen atoms in total. The standard InChI is InChI=1S/C13H17NO3/c1-2-9-4-3-7-14(9)13(17)11-6-5-10(15)8-12(11)16/h5-6,8-9,15-16H,2-4,7H2,1H3. The largest absolute Gasteiger partial charge is 0.508 e. The van der Waals surface area contributed by atoms with Gasteiger partial charge in [-0.1, -0.05) is 6.92 Å². The Kier molecular flexibility index (Phi) is 3.22. The van der Waals surface area contributed by atoms with Crippen LogP contribution in [0, 0.1) is 0 Å². The van der Waals surface area contributed by atoms with E-state index in [1.54, 1.807) is 0 Å². The van der Waals surface area contributed by atoms with Crippen LogP contribution in [0.4, 0.5) is 0 Å². The highest BCUT2D eigenvalue weighted by Gasteiger charge is 2.29. The van der Waals surface area contributed by atoms with E-state index in [1.165, 1.54) is 18.2 Å².